The third kappa shape index (κ3) is 4.94. The summed E-state index contributed by atoms with van der Waals surface area (Å²) in [6.45, 7) is -2.40. The Labute approximate surface area is 228 Å². The number of methoxy groups -OCH3 is 1. The van der Waals surface area contributed by atoms with E-state index in [0.29, 0.717) is 40.6 Å². The first-order valence-corrected chi connectivity index (χ1v) is 12.7. The minimum atomic E-state index is -2.97. The highest BCUT2D eigenvalue weighted by Gasteiger charge is 2.34. The number of nitrogens with zero attached hydrogens (tertiary/aromatic N) is 3. The van der Waals surface area contributed by atoms with Crippen LogP contribution in [-0.4, -0.2) is 40.0 Å². The normalized spacial score (nSPS) is 16.6. The summed E-state index contributed by atoms with van der Waals surface area (Å²) >= 11 is 0. The van der Waals surface area contributed by atoms with Gasteiger partial charge in [-0.05, 0) is 48.5 Å². The molecular weight excluding hydrogens is 518 g/mol. The molecule has 2 N–H and O–H groups in total. The Morgan fingerprint density at radius 3 is 2.50 bits per heavy atom. The molecule has 0 saturated carbocycles. The van der Waals surface area contributed by atoms with Gasteiger partial charge in [-0.1, -0.05) is 36.4 Å². The van der Waals surface area contributed by atoms with Crippen molar-refractivity contribution in [1.82, 2.24) is 19.9 Å². The van der Waals surface area contributed by atoms with Gasteiger partial charge < -0.3 is 24.6 Å². The van der Waals surface area contributed by atoms with Crippen LogP contribution in [0.15, 0.2) is 84.9 Å². The second-order valence-corrected chi connectivity index (χ2v) is 9.27. The van der Waals surface area contributed by atoms with Gasteiger partial charge in [0.2, 0.25) is 0 Å². The van der Waals surface area contributed by atoms with E-state index in [0.717, 1.165) is 16.9 Å². The number of ether oxygens (including phenoxy) is 3. The monoisotopic (exact) mass is 544 g/mol. The van der Waals surface area contributed by atoms with Crippen molar-refractivity contribution >= 4 is 5.65 Å². The highest BCUT2D eigenvalue weighted by atomic mass is 19.3. The average molecular weight is 545 g/mol. The lowest BCUT2D eigenvalue weighted by Gasteiger charge is -2.28. The highest BCUT2D eigenvalue weighted by Crippen LogP contribution is 2.37. The number of hydrogen-bond acceptors (Lipinski definition) is 7. The molecule has 0 fully saturated rings. The summed E-state index contributed by atoms with van der Waals surface area (Å²) in [5, 5.41) is 18.7. The van der Waals surface area contributed by atoms with Crippen LogP contribution in [0.25, 0.3) is 16.9 Å². The van der Waals surface area contributed by atoms with Crippen molar-refractivity contribution in [2.75, 3.05) is 13.7 Å². The van der Waals surface area contributed by atoms with Gasteiger partial charge in [-0.25, -0.2) is 9.50 Å². The van der Waals surface area contributed by atoms with Crippen LogP contribution in [0.2, 0.25) is 0 Å². The molecule has 3 heterocycles. The van der Waals surface area contributed by atoms with Gasteiger partial charge in [0.05, 0.1) is 30.2 Å². The summed E-state index contributed by atoms with van der Waals surface area (Å²) in [7, 11) is 1.63. The van der Waals surface area contributed by atoms with E-state index in [1.165, 1.54) is 6.07 Å². The average Bonchev–Trinajstić information content (AvgIpc) is 3.37. The van der Waals surface area contributed by atoms with Crippen LogP contribution in [0.4, 0.5) is 8.78 Å². The van der Waals surface area contributed by atoms with Crippen molar-refractivity contribution < 1.29 is 28.1 Å². The van der Waals surface area contributed by atoms with Crippen molar-refractivity contribution in [2.24, 2.45) is 0 Å². The summed E-state index contributed by atoms with van der Waals surface area (Å²) in [6.07, 6.45) is -0.876. The van der Waals surface area contributed by atoms with Gasteiger partial charge in [0.1, 0.15) is 30.0 Å². The molecule has 10 heteroatoms. The van der Waals surface area contributed by atoms with E-state index in [1.54, 1.807) is 29.8 Å². The highest BCUT2D eigenvalue weighted by molar-refractivity contribution is 5.62. The zero-order chi connectivity index (χ0) is 27.6. The standard InChI is InChI=1S/C30H26F2N4O4/c1-38-24-8-4-2-6-19(24)17-39-20-12-10-18(11-13-20)22-14-15-26-34-28-23(37)16-33-27(29(28)36(26)35-22)21-7-3-5-9-25(21)40-30(31)32/h2-15,23,27,30,33,37H,16-17H2,1H3/t23-,27-/m1/s1. The molecule has 0 aliphatic carbocycles. The van der Waals surface area contributed by atoms with Crippen molar-refractivity contribution in [1.29, 1.82) is 0 Å². The zero-order valence-electron chi connectivity index (χ0n) is 21.5. The number of halogens is 2. The van der Waals surface area contributed by atoms with E-state index in [4.69, 9.17) is 19.3 Å². The maximum Gasteiger partial charge on any atom is 0.387 e. The summed E-state index contributed by atoms with van der Waals surface area (Å²) in [4.78, 5) is 4.61. The molecule has 1 aliphatic rings. The van der Waals surface area contributed by atoms with Gasteiger partial charge >= 0.3 is 6.61 Å². The number of benzene rings is 3. The second-order valence-electron chi connectivity index (χ2n) is 9.27. The van der Waals surface area contributed by atoms with E-state index in [9.17, 15) is 13.9 Å². The lowest BCUT2D eigenvalue weighted by molar-refractivity contribution is -0.0507. The Morgan fingerprint density at radius 2 is 1.73 bits per heavy atom. The number of aliphatic hydroxyl groups is 1. The number of alkyl halides is 2. The number of rotatable bonds is 8. The van der Waals surface area contributed by atoms with Crippen molar-refractivity contribution in [2.45, 2.75) is 25.4 Å². The third-order valence-electron chi connectivity index (χ3n) is 6.83. The van der Waals surface area contributed by atoms with Gasteiger partial charge in [0.25, 0.3) is 0 Å². The molecule has 0 spiro atoms. The van der Waals surface area contributed by atoms with Crippen molar-refractivity contribution in [3.05, 3.63) is 107 Å². The van der Waals surface area contributed by atoms with Crippen LogP contribution < -0.4 is 19.5 Å². The molecule has 2 atom stereocenters. The Hall–Kier alpha value is -4.54. The molecule has 0 unspecified atom stereocenters. The number of imidazole rings is 1. The smallest absolute Gasteiger partial charge is 0.387 e. The van der Waals surface area contributed by atoms with Crippen LogP contribution in [-0.2, 0) is 6.61 Å². The first kappa shape index (κ1) is 25.7. The molecule has 204 valence electrons. The number of aliphatic hydroxyl groups excluding tert-OH is 1. The van der Waals surface area contributed by atoms with Crippen LogP contribution in [0.1, 0.15) is 34.7 Å². The summed E-state index contributed by atoms with van der Waals surface area (Å²) in [6, 6.07) is 24.9. The fourth-order valence-electron chi connectivity index (χ4n) is 4.94. The van der Waals surface area contributed by atoms with Crippen molar-refractivity contribution in [3.8, 4) is 28.5 Å². The number of nitrogens with one attached hydrogen (secondary N) is 1. The second kappa shape index (κ2) is 10.9. The Bertz CT molecular complexity index is 1640. The Morgan fingerprint density at radius 1 is 0.975 bits per heavy atom. The van der Waals surface area contributed by atoms with E-state index < -0.39 is 18.8 Å². The molecule has 5 aromatic rings. The predicted octanol–water partition coefficient (Wildman–Crippen LogP) is 5.31. The molecule has 6 rings (SSSR count). The quantitative estimate of drug-likeness (QED) is 0.274. The summed E-state index contributed by atoms with van der Waals surface area (Å²) < 4.78 is 44.0. The topological polar surface area (TPSA) is 90.1 Å². The molecule has 3 aromatic carbocycles. The maximum atomic E-state index is 13.1. The molecule has 0 amide bonds. The number of fused-ring (bicyclic) bond motifs is 3. The Kier molecular flexibility index (Phi) is 7.02. The molecule has 0 bridgehead atoms. The van der Waals surface area contributed by atoms with E-state index >= 15 is 0 Å². The molecule has 0 saturated heterocycles. The molecule has 0 radical (unpaired) electrons. The van der Waals surface area contributed by atoms with Gasteiger partial charge in [0.15, 0.2) is 5.65 Å². The SMILES string of the molecule is COc1ccccc1COc1ccc(-c2ccc3nc4c(n3n2)[C@@H](c2ccccc2OC(F)F)NC[C@H]4O)cc1. The molecule has 1 aliphatic heterocycles. The lowest BCUT2D eigenvalue weighted by Crippen LogP contribution is -2.35. The fraction of sp³-hybridized carbons (Fsp3) is 0.200. The minimum absolute atomic E-state index is 0.0483. The first-order valence-electron chi connectivity index (χ1n) is 12.7. The molecule has 2 aromatic heterocycles. The van der Waals surface area contributed by atoms with Crippen LogP contribution in [0.5, 0.6) is 17.2 Å². The number of hydrogen-bond donors (Lipinski definition) is 2. The third-order valence-corrected chi connectivity index (χ3v) is 6.83. The predicted molar refractivity (Wildman–Crippen MR) is 144 cm³/mol. The maximum absolute atomic E-state index is 13.1. The summed E-state index contributed by atoms with van der Waals surface area (Å²) in [5.41, 5.74) is 4.50. The lowest BCUT2D eigenvalue weighted by atomic mass is 9.96. The molecule has 8 nitrogen and oxygen atoms in total. The van der Waals surface area contributed by atoms with Crippen LogP contribution >= 0.6 is 0 Å². The van der Waals surface area contributed by atoms with Gasteiger partial charge in [0, 0.05) is 23.2 Å². The van der Waals surface area contributed by atoms with Gasteiger partial charge in [-0.15, -0.1) is 0 Å². The van der Waals surface area contributed by atoms with Crippen molar-refractivity contribution in [3.63, 3.8) is 0 Å². The van der Waals surface area contributed by atoms with Gasteiger partial charge in [-0.3, -0.25) is 0 Å². The van der Waals surface area contributed by atoms with E-state index in [-0.39, 0.29) is 12.3 Å². The first-order chi connectivity index (χ1) is 19.5. The molecular formula is C30H26F2N4O4. The van der Waals surface area contributed by atoms with Gasteiger partial charge in [-0.2, -0.15) is 13.9 Å². The number of β-amino-alcohol motifs (C(OH)–C–C–N with tert-alkyl or cyclic N) is 1. The zero-order valence-corrected chi connectivity index (χ0v) is 21.5. The minimum Gasteiger partial charge on any atom is -0.496 e. The molecule has 40 heavy (non-hydrogen) atoms. The van der Waals surface area contributed by atoms with Crippen LogP contribution in [0, 0.1) is 0 Å². The van der Waals surface area contributed by atoms with Crippen LogP contribution in [0.3, 0.4) is 0 Å². The summed E-state index contributed by atoms with van der Waals surface area (Å²) in [5.74, 6) is 1.51. The largest absolute Gasteiger partial charge is 0.496 e. The fourth-order valence-corrected chi connectivity index (χ4v) is 4.94. The van der Waals surface area contributed by atoms with E-state index in [2.05, 4.69) is 10.3 Å². The number of aromatic nitrogens is 3. The Balaban J connectivity index is 1.31. The van der Waals surface area contributed by atoms with E-state index in [1.807, 2.05) is 60.7 Å². The number of para-hydroxylation sites is 2.